The molecule has 1 N–H and O–H groups in total. The number of carbonyl (C=O) groups excluding carboxylic acids is 1. The second-order valence-electron chi connectivity index (χ2n) is 3.62. The molecule has 4 nitrogen and oxygen atoms in total. The molecule has 0 aliphatic carbocycles. The van der Waals surface area contributed by atoms with Gasteiger partial charge in [-0.15, -0.1) is 0 Å². The molecule has 0 saturated carbocycles. The number of rotatable bonds is 3. The van der Waals surface area contributed by atoms with Crippen molar-refractivity contribution in [2.75, 3.05) is 46.8 Å². The summed E-state index contributed by atoms with van der Waals surface area (Å²) in [6.07, 6.45) is 3.52. The van der Waals surface area contributed by atoms with E-state index < -0.39 is 0 Å². The maximum atomic E-state index is 10.9. The minimum atomic E-state index is -0.0286. The summed E-state index contributed by atoms with van der Waals surface area (Å²) in [4.78, 5) is 15.5. The molecule has 1 amide bonds. The highest BCUT2D eigenvalue weighted by atomic mass is 16.1. The monoisotopic (exact) mass is 197 g/mol. The van der Waals surface area contributed by atoms with Gasteiger partial charge in [0.1, 0.15) is 0 Å². The fourth-order valence-electron chi connectivity index (χ4n) is 1.42. The second-order valence-corrected chi connectivity index (χ2v) is 3.62. The third-order valence-corrected chi connectivity index (χ3v) is 2.48. The zero-order valence-electron chi connectivity index (χ0n) is 8.99. The molecule has 1 saturated heterocycles. The van der Waals surface area contributed by atoms with Gasteiger partial charge >= 0.3 is 0 Å². The summed E-state index contributed by atoms with van der Waals surface area (Å²) in [6, 6.07) is 0. The van der Waals surface area contributed by atoms with Gasteiger partial charge in [0, 0.05) is 45.8 Å². The summed E-state index contributed by atoms with van der Waals surface area (Å²) in [5, 5.41) is 2.56. The van der Waals surface area contributed by atoms with E-state index in [1.54, 1.807) is 13.1 Å². The Hall–Kier alpha value is -0.870. The van der Waals surface area contributed by atoms with E-state index in [-0.39, 0.29) is 5.91 Å². The van der Waals surface area contributed by atoms with Crippen molar-refractivity contribution in [3.05, 3.63) is 12.2 Å². The molecule has 0 aromatic heterocycles. The molecule has 1 rings (SSSR count). The number of nitrogens with one attached hydrogen (secondary N) is 1. The third kappa shape index (κ3) is 3.89. The molecule has 1 heterocycles. The predicted molar refractivity (Wildman–Crippen MR) is 57.1 cm³/mol. The third-order valence-electron chi connectivity index (χ3n) is 2.48. The summed E-state index contributed by atoms with van der Waals surface area (Å²) >= 11 is 0. The first-order chi connectivity index (χ1) is 6.72. The number of carbonyl (C=O) groups is 1. The van der Waals surface area contributed by atoms with E-state index in [1.165, 1.54) is 0 Å². The van der Waals surface area contributed by atoms with Crippen LogP contribution in [0, 0.1) is 0 Å². The second kappa shape index (κ2) is 5.78. The Labute approximate surface area is 85.6 Å². The van der Waals surface area contributed by atoms with Crippen molar-refractivity contribution in [3.63, 3.8) is 0 Å². The Morgan fingerprint density at radius 2 is 2.00 bits per heavy atom. The van der Waals surface area contributed by atoms with Crippen molar-refractivity contribution < 1.29 is 4.79 Å². The molecule has 14 heavy (non-hydrogen) atoms. The first kappa shape index (κ1) is 11.2. The van der Waals surface area contributed by atoms with E-state index in [4.69, 9.17) is 0 Å². The first-order valence-corrected chi connectivity index (χ1v) is 5.01. The molecular weight excluding hydrogens is 178 g/mol. The topological polar surface area (TPSA) is 35.6 Å². The quantitative estimate of drug-likeness (QED) is 0.622. The lowest BCUT2D eigenvalue weighted by Gasteiger charge is -2.31. The van der Waals surface area contributed by atoms with Crippen LogP contribution < -0.4 is 5.32 Å². The molecule has 0 aromatic rings. The van der Waals surface area contributed by atoms with Crippen LogP contribution in [0.25, 0.3) is 0 Å². The molecule has 1 aliphatic rings. The average Bonchev–Trinajstić information content (AvgIpc) is 2.21. The molecule has 0 unspecified atom stereocenters. The SMILES string of the molecule is CNC(=O)/C=C/CN1CCN(C)CC1. The van der Waals surface area contributed by atoms with Gasteiger partial charge in [0.15, 0.2) is 0 Å². The molecular formula is C10H19N3O. The highest BCUT2D eigenvalue weighted by Gasteiger charge is 2.11. The van der Waals surface area contributed by atoms with Gasteiger partial charge in [0.25, 0.3) is 0 Å². The summed E-state index contributed by atoms with van der Waals surface area (Å²) in [7, 11) is 3.78. The van der Waals surface area contributed by atoms with Gasteiger partial charge in [-0.2, -0.15) is 0 Å². The van der Waals surface area contributed by atoms with Crippen LogP contribution in [-0.4, -0.2) is 62.5 Å². The van der Waals surface area contributed by atoms with Crippen LogP contribution in [0.15, 0.2) is 12.2 Å². The molecule has 80 valence electrons. The van der Waals surface area contributed by atoms with Crippen LogP contribution in [0.4, 0.5) is 0 Å². The number of amides is 1. The maximum absolute atomic E-state index is 10.9. The van der Waals surface area contributed by atoms with Gasteiger partial charge in [-0.3, -0.25) is 9.69 Å². The van der Waals surface area contributed by atoms with Gasteiger partial charge < -0.3 is 10.2 Å². The van der Waals surface area contributed by atoms with Crippen LogP contribution in [0.1, 0.15) is 0 Å². The van der Waals surface area contributed by atoms with E-state index in [0.29, 0.717) is 0 Å². The summed E-state index contributed by atoms with van der Waals surface area (Å²) in [5.41, 5.74) is 0. The lowest BCUT2D eigenvalue weighted by molar-refractivity contribution is -0.116. The fraction of sp³-hybridized carbons (Fsp3) is 0.700. The fourth-order valence-corrected chi connectivity index (χ4v) is 1.42. The minimum Gasteiger partial charge on any atom is -0.356 e. The van der Waals surface area contributed by atoms with Crippen LogP contribution in [0.5, 0.6) is 0 Å². The average molecular weight is 197 g/mol. The number of nitrogens with zero attached hydrogens (tertiary/aromatic N) is 2. The molecule has 0 spiro atoms. The molecule has 1 aliphatic heterocycles. The van der Waals surface area contributed by atoms with E-state index in [2.05, 4.69) is 22.2 Å². The van der Waals surface area contributed by atoms with Crippen LogP contribution in [0.2, 0.25) is 0 Å². The molecule has 0 bridgehead atoms. The molecule has 0 radical (unpaired) electrons. The largest absolute Gasteiger partial charge is 0.356 e. The predicted octanol–water partition coefficient (Wildman–Crippen LogP) is -0.464. The lowest BCUT2D eigenvalue weighted by atomic mass is 10.3. The van der Waals surface area contributed by atoms with Gasteiger partial charge in [-0.1, -0.05) is 6.08 Å². The smallest absolute Gasteiger partial charge is 0.243 e. The summed E-state index contributed by atoms with van der Waals surface area (Å²) in [5.74, 6) is -0.0286. The zero-order valence-corrected chi connectivity index (χ0v) is 8.99. The van der Waals surface area contributed by atoms with Gasteiger partial charge in [0.2, 0.25) is 5.91 Å². The Kier molecular flexibility index (Phi) is 4.62. The minimum absolute atomic E-state index is 0.0286. The highest BCUT2D eigenvalue weighted by Crippen LogP contribution is 1.98. The maximum Gasteiger partial charge on any atom is 0.243 e. The zero-order chi connectivity index (χ0) is 10.4. The molecule has 0 aromatic carbocycles. The van der Waals surface area contributed by atoms with E-state index in [0.717, 1.165) is 32.7 Å². The van der Waals surface area contributed by atoms with Gasteiger partial charge in [-0.25, -0.2) is 0 Å². The van der Waals surface area contributed by atoms with E-state index in [9.17, 15) is 4.79 Å². The summed E-state index contributed by atoms with van der Waals surface area (Å²) < 4.78 is 0. The van der Waals surface area contributed by atoms with Crippen molar-refractivity contribution in [3.8, 4) is 0 Å². The van der Waals surface area contributed by atoms with Crippen molar-refractivity contribution in [2.45, 2.75) is 0 Å². The van der Waals surface area contributed by atoms with Crippen molar-refractivity contribution in [2.24, 2.45) is 0 Å². The Balaban J connectivity index is 2.19. The number of hydrogen-bond acceptors (Lipinski definition) is 3. The normalized spacial score (nSPS) is 20.1. The molecule has 4 heteroatoms. The molecule has 1 fully saturated rings. The summed E-state index contributed by atoms with van der Waals surface area (Å²) in [6.45, 7) is 5.30. The van der Waals surface area contributed by atoms with E-state index >= 15 is 0 Å². The van der Waals surface area contributed by atoms with Crippen LogP contribution in [-0.2, 0) is 4.79 Å². The van der Waals surface area contributed by atoms with Gasteiger partial charge in [0.05, 0.1) is 0 Å². The van der Waals surface area contributed by atoms with Crippen molar-refractivity contribution >= 4 is 5.91 Å². The highest BCUT2D eigenvalue weighted by molar-refractivity contribution is 5.87. The lowest BCUT2D eigenvalue weighted by Crippen LogP contribution is -2.44. The Morgan fingerprint density at radius 3 is 2.57 bits per heavy atom. The van der Waals surface area contributed by atoms with Crippen LogP contribution >= 0.6 is 0 Å². The van der Waals surface area contributed by atoms with Crippen molar-refractivity contribution in [1.82, 2.24) is 15.1 Å². The Morgan fingerprint density at radius 1 is 1.36 bits per heavy atom. The van der Waals surface area contributed by atoms with Crippen molar-refractivity contribution in [1.29, 1.82) is 0 Å². The number of likely N-dealkylation sites (N-methyl/N-ethyl adjacent to an activating group) is 2. The first-order valence-electron chi connectivity index (χ1n) is 5.01. The Bertz CT molecular complexity index is 207. The van der Waals surface area contributed by atoms with E-state index in [1.807, 2.05) is 6.08 Å². The number of piperazine rings is 1. The standard InChI is InChI=1S/C10H19N3O/c1-11-10(14)4-3-5-13-8-6-12(2)7-9-13/h3-4H,5-9H2,1-2H3,(H,11,14)/b4-3+. The van der Waals surface area contributed by atoms with Gasteiger partial charge in [-0.05, 0) is 7.05 Å². The molecule has 0 atom stereocenters. The van der Waals surface area contributed by atoms with Crippen LogP contribution in [0.3, 0.4) is 0 Å². The number of hydrogen-bond donors (Lipinski definition) is 1.